The molecule has 0 radical (unpaired) electrons. The molecule has 35 heavy (non-hydrogen) atoms. The Labute approximate surface area is 203 Å². The van der Waals surface area contributed by atoms with Crippen LogP contribution in [0.15, 0.2) is 66.0 Å². The molecule has 0 unspecified atom stereocenters. The number of aromatic nitrogens is 3. The van der Waals surface area contributed by atoms with E-state index in [0.29, 0.717) is 27.9 Å². The molecule has 0 aliphatic heterocycles. The van der Waals surface area contributed by atoms with Gasteiger partial charge in [-0.2, -0.15) is 0 Å². The number of benzene rings is 2. The molecular weight excluding hydrogens is 466 g/mol. The standard InChI is InChI=1S/C25H25N5O4S/c1-34-19-9-11-20(12-10-19)35(32,33)29-17-6-4-5-16(13-17)23(31)21-14-30(18-7-2-3-8-18)25-22(21)24(26)27-15-28-25/h4-6,9-15,18,29H,2-3,7-8H2,1H3,(H2,26,27,28). The first-order valence-corrected chi connectivity index (χ1v) is 12.8. The normalized spacial score (nSPS) is 14.3. The van der Waals surface area contributed by atoms with Gasteiger partial charge in [0.25, 0.3) is 10.0 Å². The van der Waals surface area contributed by atoms with E-state index < -0.39 is 10.0 Å². The highest BCUT2D eigenvalue weighted by Crippen LogP contribution is 2.35. The summed E-state index contributed by atoms with van der Waals surface area (Å²) in [5.41, 5.74) is 7.81. The molecule has 0 bridgehead atoms. The van der Waals surface area contributed by atoms with Gasteiger partial charge in [0, 0.05) is 23.5 Å². The van der Waals surface area contributed by atoms with E-state index in [1.165, 1.54) is 31.6 Å². The van der Waals surface area contributed by atoms with Crippen molar-refractivity contribution in [3.8, 4) is 5.75 Å². The average molecular weight is 492 g/mol. The summed E-state index contributed by atoms with van der Waals surface area (Å²) in [6.45, 7) is 0. The summed E-state index contributed by atoms with van der Waals surface area (Å²) in [5, 5.41) is 0.522. The van der Waals surface area contributed by atoms with Crippen LogP contribution < -0.4 is 15.2 Å². The van der Waals surface area contributed by atoms with E-state index >= 15 is 0 Å². The average Bonchev–Trinajstić information content (AvgIpc) is 3.52. The van der Waals surface area contributed by atoms with Crippen LogP contribution in [0.1, 0.15) is 47.6 Å². The number of nitrogens with one attached hydrogen (secondary N) is 1. The molecule has 0 saturated heterocycles. The third kappa shape index (κ3) is 4.32. The lowest BCUT2D eigenvalue weighted by Crippen LogP contribution is -2.13. The van der Waals surface area contributed by atoms with Gasteiger partial charge < -0.3 is 15.0 Å². The molecule has 2 aromatic heterocycles. The van der Waals surface area contributed by atoms with Crippen molar-refractivity contribution >= 4 is 38.3 Å². The molecule has 0 atom stereocenters. The highest BCUT2D eigenvalue weighted by atomic mass is 32.2. The van der Waals surface area contributed by atoms with Crippen molar-refractivity contribution in [3.63, 3.8) is 0 Å². The number of nitrogens with zero attached hydrogens (tertiary/aromatic N) is 3. The Morgan fingerprint density at radius 2 is 1.86 bits per heavy atom. The summed E-state index contributed by atoms with van der Waals surface area (Å²) < 4.78 is 35.4. The largest absolute Gasteiger partial charge is 0.497 e. The fourth-order valence-electron chi connectivity index (χ4n) is 4.59. The lowest BCUT2D eigenvalue weighted by Gasteiger charge is -2.12. The van der Waals surface area contributed by atoms with Gasteiger partial charge in [-0.15, -0.1) is 0 Å². The van der Waals surface area contributed by atoms with Crippen molar-refractivity contribution in [1.29, 1.82) is 0 Å². The Morgan fingerprint density at radius 3 is 2.57 bits per heavy atom. The van der Waals surface area contributed by atoms with Crippen LogP contribution in [-0.2, 0) is 10.0 Å². The number of methoxy groups -OCH3 is 1. The number of ether oxygens (including phenoxy) is 1. The number of carbonyl (C=O) groups excluding carboxylic acids is 1. The number of anilines is 2. The van der Waals surface area contributed by atoms with Crippen molar-refractivity contribution in [2.24, 2.45) is 0 Å². The van der Waals surface area contributed by atoms with Gasteiger partial charge in [-0.25, -0.2) is 18.4 Å². The summed E-state index contributed by atoms with van der Waals surface area (Å²) in [6.07, 6.45) is 7.51. The Kier molecular flexibility index (Phi) is 5.89. The molecule has 0 spiro atoms. The summed E-state index contributed by atoms with van der Waals surface area (Å²) >= 11 is 0. The minimum Gasteiger partial charge on any atom is -0.497 e. The van der Waals surface area contributed by atoms with Gasteiger partial charge in [0.15, 0.2) is 5.78 Å². The first kappa shape index (κ1) is 22.9. The van der Waals surface area contributed by atoms with Crippen LogP contribution in [0.5, 0.6) is 5.75 Å². The van der Waals surface area contributed by atoms with E-state index in [-0.39, 0.29) is 28.2 Å². The fourth-order valence-corrected chi connectivity index (χ4v) is 5.64. The monoisotopic (exact) mass is 491 g/mol. The number of hydrogen-bond acceptors (Lipinski definition) is 7. The van der Waals surface area contributed by atoms with E-state index in [1.807, 2.05) is 10.8 Å². The molecule has 1 aliphatic rings. The van der Waals surface area contributed by atoms with Crippen LogP contribution in [0, 0.1) is 0 Å². The first-order valence-electron chi connectivity index (χ1n) is 11.3. The van der Waals surface area contributed by atoms with Crippen molar-refractivity contribution in [1.82, 2.24) is 14.5 Å². The van der Waals surface area contributed by atoms with E-state index in [4.69, 9.17) is 10.5 Å². The number of hydrogen-bond donors (Lipinski definition) is 2. The third-order valence-corrected chi connectivity index (χ3v) is 7.75. The summed E-state index contributed by atoms with van der Waals surface area (Å²) in [6, 6.07) is 12.7. The minimum absolute atomic E-state index is 0.0829. The number of nitrogens with two attached hydrogens (primary N) is 1. The molecule has 9 nitrogen and oxygen atoms in total. The van der Waals surface area contributed by atoms with Gasteiger partial charge in [0.2, 0.25) is 0 Å². The quantitative estimate of drug-likeness (QED) is 0.371. The Bertz CT molecular complexity index is 1510. The minimum atomic E-state index is -3.85. The summed E-state index contributed by atoms with van der Waals surface area (Å²) in [4.78, 5) is 22.2. The fraction of sp³-hybridized carbons (Fsp3) is 0.240. The second-order valence-corrected chi connectivity index (χ2v) is 10.2. The maximum atomic E-state index is 13.6. The Morgan fingerprint density at radius 1 is 1.11 bits per heavy atom. The number of nitrogen functional groups attached to an aromatic ring is 1. The zero-order chi connectivity index (χ0) is 24.6. The van der Waals surface area contributed by atoms with E-state index in [1.54, 1.807) is 30.3 Å². The molecule has 1 saturated carbocycles. The molecule has 0 amide bonds. The maximum Gasteiger partial charge on any atom is 0.261 e. The maximum absolute atomic E-state index is 13.6. The summed E-state index contributed by atoms with van der Waals surface area (Å²) in [7, 11) is -2.35. The molecule has 2 heterocycles. The highest BCUT2D eigenvalue weighted by molar-refractivity contribution is 7.92. The van der Waals surface area contributed by atoms with Crippen molar-refractivity contribution < 1.29 is 17.9 Å². The van der Waals surface area contributed by atoms with Crippen LogP contribution in [0.4, 0.5) is 11.5 Å². The van der Waals surface area contributed by atoms with Crippen LogP contribution in [0.25, 0.3) is 11.0 Å². The topological polar surface area (TPSA) is 129 Å². The van der Waals surface area contributed by atoms with Gasteiger partial charge in [0.05, 0.1) is 23.0 Å². The van der Waals surface area contributed by atoms with Crippen LogP contribution >= 0.6 is 0 Å². The van der Waals surface area contributed by atoms with Gasteiger partial charge >= 0.3 is 0 Å². The highest BCUT2D eigenvalue weighted by Gasteiger charge is 2.26. The molecule has 180 valence electrons. The van der Waals surface area contributed by atoms with Gasteiger partial charge in [0.1, 0.15) is 23.5 Å². The van der Waals surface area contributed by atoms with E-state index in [2.05, 4.69) is 14.7 Å². The lowest BCUT2D eigenvalue weighted by atomic mass is 10.0. The van der Waals surface area contributed by atoms with Gasteiger partial charge in [-0.3, -0.25) is 9.52 Å². The molecule has 2 aromatic carbocycles. The number of ketones is 1. The zero-order valence-corrected chi connectivity index (χ0v) is 20.0. The molecule has 3 N–H and O–H groups in total. The third-order valence-electron chi connectivity index (χ3n) is 6.35. The molecule has 4 aromatic rings. The second kappa shape index (κ2) is 9.03. The predicted molar refractivity (Wildman–Crippen MR) is 133 cm³/mol. The SMILES string of the molecule is COc1ccc(S(=O)(=O)Nc2cccc(C(=O)c3cn(C4CCCC4)c4ncnc(N)c34)c2)cc1. The molecular formula is C25H25N5O4S. The number of fused-ring (bicyclic) bond motifs is 1. The molecule has 5 rings (SSSR count). The van der Waals surface area contributed by atoms with Crippen LogP contribution in [0.2, 0.25) is 0 Å². The lowest BCUT2D eigenvalue weighted by molar-refractivity contribution is 0.104. The number of rotatable bonds is 7. The van der Waals surface area contributed by atoms with Crippen molar-refractivity contribution in [2.45, 2.75) is 36.6 Å². The van der Waals surface area contributed by atoms with E-state index in [9.17, 15) is 13.2 Å². The Hall–Kier alpha value is -3.92. The molecule has 1 aliphatic carbocycles. The number of sulfonamides is 1. The van der Waals surface area contributed by atoms with Crippen molar-refractivity contribution in [3.05, 3.63) is 72.2 Å². The van der Waals surface area contributed by atoms with E-state index in [0.717, 1.165) is 25.7 Å². The second-order valence-electron chi connectivity index (χ2n) is 8.54. The van der Waals surface area contributed by atoms with Gasteiger partial charge in [-0.05, 0) is 49.2 Å². The first-order chi connectivity index (χ1) is 16.9. The van der Waals surface area contributed by atoms with Crippen molar-refractivity contribution in [2.75, 3.05) is 17.6 Å². The van der Waals surface area contributed by atoms with Crippen LogP contribution in [0.3, 0.4) is 0 Å². The predicted octanol–water partition coefficient (Wildman–Crippen LogP) is 4.17. The zero-order valence-electron chi connectivity index (χ0n) is 19.1. The van der Waals surface area contributed by atoms with Gasteiger partial charge in [-0.1, -0.05) is 25.0 Å². The smallest absolute Gasteiger partial charge is 0.261 e. The molecule has 10 heteroatoms. The number of carbonyl (C=O) groups is 1. The summed E-state index contributed by atoms with van der Waals surface area (Å²) in [5.74, 6) is 0.516. The molecule has 1 fully saturated rings. The Balaban J connectivity index is 1.48. The van der Waals surface area contributed by atoms with Crippen LogP contribution in [-0.4, -0.2) is 35.8 Å².